The first-order valence-corrected chi connectivity index (χ1v) is 8.03. The van der Waals surface area contributed by atoms with Crippen LogP contribution in [0, 0.1) is 0 Å². The van der Waals surface area contributed by atoms with Crippen molar-refractivity contribution in [2.75, 3.05) is 0 Å². The van der Waals surface area contributed by atoms with E-state index in [1.54, 1.807) is 11.6 Å². The molecule has 0 aliphatic carbocycles. The molecule has 0 radical (unpaired) electrons. The summed E-state index contributed by atoms with van der Waals surface area (Å²) in [4.78, 5) is 18.7. The van der Waals surface area contributed by atoms with Crippen LogP contribution < -0.4 is 5.48 Å². The molecule has 3 rings (SSSR count). The molecule has 0 spiro atoms. The standard InChI is InChI=1S/C19H16ClN3O2/c20-16-8-6-15(7-9-16)17-12-21-18(22-17)11-14-3-1-13(2-4-14)5-10-19(24)23-25/h1-10,12,25H,11H2,(H,21,22)(H,23,24). The van der Waals surface area contributed by atoms with Gasteiger partial charge in [0, 0.05) is 17.5 Å². The predicted octanol–water partition coefficient (Wildman–Crippen LogP) is 3.84. The Morgan fingerprint density at radius 3 is 2.56 bits per heavy atom. The molecule has 0 unspecified atom stereocenters. The van der Waals surface area contributed by atoms with Gasteiger partial charge in [0.15, 0.2) is 0 Å². The van der Waals surface area contributed by atoms with Crippen LogP contribution in [0.5, 0.6) is 0 Å². The Balaban J connectivity index is 1.67. The summed E-state index contributed by atoms with van der Waals surface area (Å²) in [5.41, 5.74) is 5.50. The zero-order chi connectivity index (χ0) is 17.6. The van der Waals surface area contributed by atoms with Crippen LogP contribution in [0.3, 0.4) is 0 Å². The number of aromatic amines is 1. The van der Waals surface area contributed by atoms with E-state index >= 15 is 0 Å². The van der Waals surface area contributed by atoms with E-state index in [1.165, 1.54) is 6.08 Å². The molecule has 0 saturated carbocycles. The lowest BCUT2D eigenvalue weighted by Crippen LogP contribution is -2.14. The Hall–Kier alpha value is -2.89. The number of aromatic nitrogens is 2. The minimum atomic E-state index is -0.561. The second kappa shape index (κ2) is 7.79. The second-order valence-electron chi connectivity index (χ2n) is 5.48. The molecule has 1 heterocycles. The fourth-order valence-electron chi connectivity index (χ4n) is 2.38. The van der Waals surface area contributed by atoms with Gasteiger partial charge in [-0.2, -0.15) is 0 Å². The van der Waals surface area contributed by atoms with Crippen LogP contribution in [0.2, 0.25) is 5.02 Å². The van der Waals surface area contributed by atoms with Gasteiger partial charge in [0.25, 0.3) is 5.91 Å². The van der Waals surface area contributed by atoms with Crippen molar-refractivity contribution in [3.63, 3.8) is 0 Å². The van der Waals surface area contributed by atoms with E-state index in [0.717, 1.165) is 28.2 Å². The molecule has 1 aromatic heterocycles. The Labute approximate surface area is 150 Å². The Morgan fingerprint density at radius 2 is 1.88 bits per heavy atom. The second-order valence-corrected chi connectivity index (χ2v) is 5.91. The summed E-state index contributed by atoms with van der Waals surface area (Å²) in [6, 6.07) is 15.3. The van der Waals surface area contributed by atoms with Crippen LogP contribution in [0.15, 0.2) is 60.8 Å². The highest BCUT2D eigenvalue weighted by atomic mass is 35.5. The minimum Gasteiger partial charge on any atom is -0.342 e. The Kier molecular flexibility index (Phi) is 5.28. The number of imidazole rings is 1. The lowest BCUT2D eigenvalue weighted by Gasteiger charge is -2.01. The number of hydroxylamine groups is 1. The number of rotatable bonds is 5. The summed E-state index contributed by atoms with van der Waals surface area (Å²) in [5, 5.41) is 9.15. The first-order valence-electron chi connectivity index (χ1n) is 7.65. The number of carbonyl (C=O) groups excluding carboxylic acids is 1. The van der Waals surface area contributed by atoms with Crippen molar-refractivity contribution in [2.45, 2.75) is 6.42 Å². The maximum Gasteiger partial charge on any atom is 0.267 e. The van der Waals surface area contributed by atoms with Gasteiger partial charge in [0.2, 0.25) is 0 Å². The average Bonchev–Trinajstić information content (AvgIpc) is 3.10. The molecule has 6 heteroatoms. The molecule has 5 nitrogen and oxygen atoms in total. The summed E-state index contributed by atoms with van der Waals surface area (Å²) < 4.78 is 0. The van der Waals surface area contributed by atoms with Crippen molar-refractivity contribution in [3.05, 3.63) is 82.8 Å². The summed E-state index contributed by atoms with van der Waals surface area (Å²) >= 11 is 5.91. The third kappa shape index (κ3) is 4.56. The molecule has 126 valence electrons. The van der Waals surface area contributed by atoms with Gasteiger partial charge in [-0.3, -0.25) is 10.0 Å². The molecule has 0 fully saturated rings. The number of amides is 1. The van der Waals surface area contributed by atoms with Crippen LogP contribution in [-0.2, 0) is 11.2 Å². The molecule has 0 aliphatic rings. The number of halogens is 1. The van der Waals surface area contributed by atoms with Crippen molar-refractivity contribution < 1.29 is 10.0 Å². The Bertz CT molecular complexity index is 884. The number of hydrogen-bond acceptors (Lipinski definition) is 3. The third-order valence-electron chi connectivity index (χ3n) is 3.67. The maximum atomic E-state index is 11.0. The number of hydrogen-bond donors (Lipinski definition) is 3. The average molecular weight is 354 g/mol. The molecule has 25 heavy (non-hydrogen) atoms. The van der Waals surface area contributed by atoms with Gasteiger partial charge in [-0.05, 0) is 34.9 Å². The summed E-state index contributed by atoms with van der Waals surface area (Å²) in [7, 11) is 0. The summed E-state index contributed by atoms with van der Waals surface area (Å²) in [6.07, 6.45) is 5.37. The largest absolute Gasteiger partial charge is 0.342 e. The van der Waals surface area contributed by atoms with E-state index in [0.29, 0.717) is 11.4 Å². The van der Waals surface area contributed by atoms with Gasteiger partial charge in [-0.1, -0.05) is 48.0 Å². The molecular formula is C19H16ClN3O2. The van der Waals surface area contributed by atoms with Crippen LogP contribution in [0.4, 0.5) is 0 Å². The molecule has 0 bridgehead atoms. The summed E-state index contributed by atoms with van der Waals surface area (Å²) in [6.45, 7) is 0. The molecule has 1 amide bonds. The highest BCUT2D eigenvalue weighted by Gasteiger charge is 2.04. The van der Waals surface area contributed by atoms with Crippen LogP contribution >= 0.6 is 11.6 Å². The van der Waals surface area contributed by atoms with Crippen molar-refractivity contribution >= 4 is 23.6 Å². The van der Waals surface area contributed by atoms with E-state index in [-0.39, 0.29) is 0 Å². The number of nitrogens with zero attached hydrogens (tertiary/aromatic N) is 1. The zero-order valence-corrected chi connectivity index (χ0v) is 14.0. The smallest absolute Gasteiger partial charge is 0.267 e. The first-order chi connectivity index (χ1) is 12.1. The van der Waals surface area contributed by atoms with Crippen molar-refractivity contribution in [2.24, 2.45) is 0 Å². The van der Waals surface area contributed by atoms with Crippen molar-refractivity contribution in [1.29, 1.82) is 0 Å². The quantitative estimate of drug-likeness (QED) is 0.370. The topological polar surface area (TPSA) is 78.0 Å². The summed E-state index contributed by atoms with van der Waals surface area (Å²) in [5.74, 6) is 0.308. The van der Waals surface area contributed by atoms with E-state index in [2.05, 4.69) is 9.97 Å². The van der Waals surface area contributed by atoms with Crippen LogP contribution in [0.1, 0.15) is 17.0 Å². The monoisotopic (exact) mass is 353 g/mol. The zero-order valence-electron chi connectivity index (χ0n) is 13.2. The molecule has 0 atom stereocenters. The van der Waals surface area contributed by atoms with Crippen molar-refractivity contribution in [1.82, 2.24) is 15.4 Å². The van der Waals surface area contributed by atoms with Crippen LogP contribution in [0.25, 0.3) is 17.3 Å². The molecule has 0 saturated heterocycles. The third-order valence-corrected chi connectivity index (χ3v) is 3.92. The maximum absolute atomic E-state index is 11.0. The van der Waals surface area contributed by atoms with Crippen LogP contribution in [-0.4, -0.2) is 21.1 Å². The fraction of sp³-hybridized carbons (Fsp3) is 0.0526. The minimum absolute atomic E-state index is 0.561. The lowest BCUT2D eigenvalue weighted by atomic mass is 10.1. The highest BCUT2D eigenvalue weighted by molar-refractivity contribution is 6.30. The number of benzene rings is 2. The highest BCUT2D eigenvalue weighted by Crippen LogP contribution is 2.20. The molecule has 2 aromatic carbocycles. The van der Waals surface area contributed by atoms with E-state index in [1.807, 2.05) is 54.7 Å². The number of carbonyl (C=O) groups is 1. The molecule has 3 N–H and O–H groups in total. The molecule has 3 aromatic rings. The predicted molar refractivity (Wildman–Crippen MR) is 97.2 cm³/mol. The van der Waals surface area contributed by atoms with E-state index < -0.39 is 5.91 Å². The molecule has 0 aliphatic heterocycles. The SMILES string of the molecule is O=C(C=Cc1ccc(Cc2ncc(-c3ccc(Cl)cc3)[nH]2)cc1)NO. The van der Waals surface area contributed by atoms with Crippen molar-refractivity contribution in [3.8, 4) is 11.3 Å². The lowest BCUT2D eigenvalue weighted by molar-refractivity contribution is -0.124. The normalized spacial score (nSPS) is 11.0. The first kappa shape index (κ1) is 17.0. The van der Waals surface area contributed by atoms with Gasteiger partial charge < -0.3 is 4.98 Å². The molecular weight excluding hydrogens is 338 g/mol. The van der Waals surface area contributed by atoms with Gasteiger partial charge >= 0.3 is 0 Å². The number of nitrogens with one attached hydrogen (secondary N) is 2. The van der Waals surface area contributed by atoms with Gasteiger partial charge in [-0.15, -0.1) is 0 Å². The van der Waals surface area contributed by atoms with Gasteiger partial charge in [0.1, 0.15) is 5.82 Å². The van der Waals surface area contributed by atoms with E-state index in [9.17, 15) is 4.79 Å². The Morgan fingerprint density at radius 1 is 1.16 bits per heavy atom. The fourth-order valence-corrected chi connectivity index (χ4v) is 2.50. The number of H-pyrrole nitrogens is 1. The van der Waals surface area contributed by atoms with E-state index in [4.69, 9.17) is 16.8 Å². The van der Waals surface area contributed by atoms with Gasteiger partial charge in [-0.25, -0.2) is 10.5 Å². The van der Waals surface area contributed by atoms with Gasteiger partial charge in [0.05, 0.1) is 11.9 Å².